The van der Waals surface area contributed by atoms with Crippen LogP contribution in [0.25, 0.3) is 74.2 Å². The van der Waals surface area contributed by atoms with Crippen molar-refractivity contribution < 1.29 is 14.2 Å². The van der Waals surface area contributed by atoms with Gasteiger partial charge in [0.2, 0.25) is 0 Å². The van der Waals surface area contributed by atoms with Gasteiger partial charge in [0.1, 0.15) is 19.8 Å². The number of rotatable bonds is 4. The maximum absolute atomic E-state index is 5.74. The van der Waals surface area contributed by atoms with Crippen molar-refractivity contribution in [3.05, 3.63) is 112 Å². The van der Waals surface area contributed by atoms with E-state index in [9.17, 15) is 0 Å². The van der Waals surface area contributed by atoms with E-state index in [1.54, 1.807) is 0 Å². The Morgan fingerprint density at radius 1 is 0.458 bits per heavy atom. The zero-order valence-corrected chi connectivity index (χ0v) is 27.7. The van der Waals surface area contributed by atoms with Gasteiger partial charge >= 0.3 is 0 Å². The lowest BCUT2D eigenvalue weighted by atomic mass is 10.0. The minimum atomic E-state index is 0.399. The first-order valence-corrected chi connectivity index (χ1v) is 16.6. The molecule has 232 valence electrons. The highest BCUT2D eigenvalue weighted by molar-refractivity contribution is 7.81. The first-order chi connectivity index (χ1) is 23.5. The van der Waals surface area contributed by atoms with Gasteiger partial charge in [-0.3, -0.25) is 0 Å². The minimum Gasteiger partial charge on any atom is -0.479 e. The summed E-state index contributed by atoms with van der Waals surface area (Å²) in [5.41, 5.74) is 13.5. The number of fused-ring (bicyclic) bond motifs is 8. The van der Waals surface area contributed by atoms with Crippen LogP contribution in [-0.2, 0) is 14.2 Å². The van der Waals surface area contributed by atoms with E-state index in [2.05, 4.69) is 34.2 Å². The van der Waals surface area contributed by atoms with Crippen LogP contribution in [-0.4, -0.2) is 54.9 Å². The summed E-state index contributed by atoms with van der Waals surface area (Å²) in [7, 11) is 0. The molecular formula is C38H24N4O3S3. The second-order valence-corrected chi connectivity index (χ2v) is 12.6. The predicted molar refractivity (Wildman–Crippen MR) is 204 cm³/mol. The van der Waals surface area contributed by atoms with E-state index in [1.165, 1.54) is 0 Å². The summed E-state index contributed by atoms with van der Waals surface area (Å²) in [4.78, 5) is 17.8. The smallest absolute Gasteiger partial charge is 0.192 e. The minimum absolute atomic E-state index is 0.399. The third-order valence-electron chi connectivity index (χ3n) is 8.79. The Morgan fingerprint density at radius 2 is 0.812 bits per heavy atom. The first-order valence-electron chi connectivity index (χ1n) is 15.4. The number of aromatic nitrogens is 4. The summed E-state index contributed by atoms with van der Waals surface area (Å²) >= 11 is 17.0. The molecule has 1 aromatic carbocycles. The van der Waals surface area contributed by atoms with E-state index < -0.39 is 0 Å². The van der Waals surface area contributed by atoms with Crippen molar-refractivity contribution >= 4 is 115 Å². The fourth-order valence-electron chi connectivity index (χ4n) is 6.66. The monoisotopic (exact) mass is 680 g/mol. The lowest BCUT2D eigenvalue weighted by Gasteiger charge is -2.07. The molecule has 0 amide bonds. The number of hydrogen-bond donors (Lipinski definition) is 2. The van der Waals surface area contributed by atoms with Crippen molar-refractivity contribution in [1.29, 1.82) is 0 Å². The first kappa shape index (κ1) is 28.9. The van der Waals surface area contributed by atoms with E-state index in [0.717, 1.165) is 89.4 Å². The topological polar surface area (TPSA) is 85.1 Å². The zero-order chi connectivity index (χ0) is 32.4. The Kier molecular flexibility index (Phi) is 6.89. The Balaban J connectivity index is 1.47. The van der Waals surface area contributed by atoms with Crippen LogP contribution in [0.15, 0.2) is 72.8 Å². The molecule has 8 heterocycles. The molecule has 0 saturated carbocycles. The molecule has 0 unspecified atom stereocenters. The molecule has 4 aromatic rings. The predicted octanol–water partition coefficient (Wildman–Crippen LogP) is 8.55. The fraction of sp³-hybridized carbons (Fsp3) is 0.0789. The normalized spacial score (nSPS) is 16.5. The number of ether oxygens (including phenoxy) is 3. The van der Waals surface area contributed by atoms with E-state index in [0.29, 0.717) is 35.0 Å². The van der Waals surface area contributed by atoms with E-state index in [4.69, 9.17) is 60.8 Å². The molecule has 0 saturated heterocycles. The average molecular weight is 681 g/mol. The molecule has 48 heavy (non-hydrogen) atoms. The Hall–Kier alpha value is -5.29. The quantitative estimate of drug-likeness (QED) is 0.179. The molecule has 7 nitrogen and oxygen atoms in total. The van der Waals surface area contributed by atoms with Gasteiger partial charge in [-0.05, 0) is 109 Å². The highest BCUT2D eigenvalue weighted by Crippen LogP contribution is 2.38. The van der Waals surface area contributed by atoms with Crippen molar-refractivity contribution in [2.75, 3.05) is 19.8 Å². The summed E-state index contributed by atoms with van der Waals surface area (Å²) in [6.07, 6.45) is 14.1. The molecule has 0 radical (unpaired) electrons. The van der Waals surface area contributed by atoms with Crippen LogP contribution in [0.3, 0.4) is 0 Å². The van der Waals surface area contributed by atoms with E-state index in [-0.39, 0.29) is 0 Å². The fourth-order valence-corrected chi connectivity index (χ4v) is 7.42. The highest BCUT2D eigenvalue weighted by Gasteiger charge is 2.26. The van der Waals surface area contributed by atoms with Gasteiger partial charge in [-0.2, -0.15) is 0 Å². The van der Waals surface area contributed by atoms with Crippen LogP contribution < -0.4 is 0 Å². The highest BCUT2D eigenvalue weighted by atomic mass is 32.1. The van der Waals surface area contributed by atoms with Gasteiger partial charge in [0, 0.05) is 61.0 Å². The molecule has 0 fully saturated rings. The number of hydrogen-bond acceptors (Lipinski definition) is 8. The molecule has 5 aliphatic rings. The Bertz CT molecular complexity index is 2430. The van der Waals surface area contributed by atoms with Crippen molar-refractivity contribution in [2.24, 2.45) is 0 Å². The number of nitrogens with one attached hydrogen (secondary N) is 2. The lowest BCUT2D eigenvalue weighted by molar-refractivity contribution is 0.376. The molecule has 9 rings (SSSR count). The molecule has 8 bridgehead atoms. The average Bonchev–Trinajstić information content (AvgIpc) is 3.94. The molecule has 2 N–H and O–H groups in total. The standard InChI is InChI=1S/C38H24N4O3S3/c46-36-21(14-17-43-36)33-26-8-6-24(39-26)32(20-4-2-1-3-5-20)25-7-9-27(40-25)34(22-15-18-44-37(22)47)29-11-13-31(42-29)35(23-16-19-45-38(23)48)30-12-10-28(33)41-30/h1-16,39,42H,17-19H2. The van der Waals surface area contributed by atoms with Crippen LogP contribution in [0.5, 0.6) is 0 Å². The molecule has 0 spiro atoms. The largest absolute Gasteiger partial charge is 0.479 e. The van der Waals surface area contributed by atoms with Crippen LogP contribution in [0.2, 0.25) is 0 Å². The number of H-pyrrole nitrogens is 2. The number of thiocarbonyl (C=S) groups is 3. The molecule has 3 aromatic heterocycles. The van der Waals surface area contributed by atoms with Gasteiger partial charge in [-0.1, -0.05) is 30.3 Å². The Labute approximate surface area is 291 Å². The van der Waals surface area contributed by atoms with E-state index >= 15 is 0 Å². The van der Waals surface area contributed by atoms with Crippen LogP contribution in [0, 0.1) is 0 Å². The third-order valence-corrected chi connectivity index (χ3v) is 9.80. The van der Waals surface area contributed by atoms with Crippen molar-refractivity contribution in [3.63, 3.8) is 0 Å². The van der Waals surface area contributed by atoms with Crippen molar-refractivity contribution in [2.45, 2.75) is 0 Å². The molecule has 0 aliphatic carbocycles. The maximum atomic E-state index is 5.74. The van der Waals surface area contributed by atoms with Gasteiger partial charge in [0.15, 0.2) is 15.2 Å². The van der Waals surface area contributed by atoms with E-state index in [1.807, 2.05) is 72.9 Å². The van der Waals surface area contributed by atoms with Gasteiger partial charge in [0.05, 0.1) is 22.8 Å². The second kappa shape index (κ2) is 11.4. The van der Waals surface area contributed by atoms with Gasteiger partial charge in [-0.15, -0.1) is 0 Å². The lowest BCUT2D eigenvalue weighted by Crippen LogP contribution is -2.00. The molecule has 10 heteroatoms. The van der Waals surface area contributed by atoms with Crippen LogP contribution in [0.1, 0.15) is 39.5 Å². The summed E-state index contributed by atoms with van der Waals surface area (Å²) in [5.74, 6) is 0. The summed E-state index contributed by atoms with van der Waals surface area (Å²) in [6.45, 7) is 1.22. The summed E-state index contributed by atoms with van der Waals surface area (Å²) in [6, 6.07) is 18.5. The second-order valence-electron chi connectivity index (χ2n) is 11.5. The van der Waals surface area contributed by atoms with Crippen LogP contribution in [0.4, 0.5) is 0 Å². The zero-order valence-electron chi connectivity index (χ0n) is 25.2. The van der Waals surface area contributed by atoms with Gasteiger partial charge in [-0.25, -0.2) is 9.97 Å². The number of nitrogens with zero attached hydrogens (tertiary/aromatic N) is 2. The molecular weight excluding hydrogens is 657 g/mol. The maximum Gasteiger partial charge on any atom is 0.192 e. The van der Waals surface area contributed by atoms with Crippen LogP contribution >= 0.6 is 36.7 Å². The third kappa shape index (κ3) is 4.71. The Morgan fingerprint density at radius 3 is 1.17 bits per heavy atom. The van der Waals surface area contributed by atoms with Crippen molar-refractivity contribution in [1.82, 2.24) is 19.9 Å². The number of benzene rings is 1. The number of aromatic amines is 2. The summed E-state index contributed by atoms with van der Waals surface area (Å²) in [5, 5.41) is 1.30. The van der Waals surface area contributed by atoms with Crippen molar-refractivity contribution in [3.8, 4) is 11.1 Å². The van der Waals surface area contributed by atoms with Gasteiger partial charge in [0.25, 0.3) is 0 Å². The molecule has 0 atom stereocenters. The van der Waals surface area contributed by atoms with Gasteiger partial charge < -0.3 is 24.2 Å². The molecule has 5 aliphatic heterocycles. The SMILES string of the molecule is S=C1OCC=C1c1c2nc(c(C3=CCOC3=S)c3ccc([nH]3)c(-c3ccccc3)c3nc(c(C4=CCOC4=S)c4ccc1[nH]4)C=C3)C=C2. The summed E-state index contributed by atoms with van der Waals surface area (Å²) < 4.78 is 17.2.